The third-order valence-electron chi connectivity index (χ3n) is 4.56. The van der Waals surface area contributed by atoms with Crippen LogP contribution in [-0.4, -0.2) is 46.6 Å². The number of para-hydroxylation sites is 1. The number of hydrogen-bond donors (Lipinski definition) is 3. The third kappa shape index (κ3) is 7.39. The summed E-state index contributed by atoms with van der Waals surface area (Å²) in [5.74, 6) is -1.48. The Balaban J connectivity index is 2.38. The van der Waals surface area contributed by atoms with Crippen LogP contribution in [0.15, 0.2) is 42.5 Å². The Morgan fingerprint density at radius 2 is 1.88 bits per heavy atom. The summed E-state index contributed by atoms with van der Waals surface area (Å²) in [6.07, 6.45) is -0.817. The van der Waals surface area contributed by atoms with E-state index in [1.807, 2.05) is 6.07 Å². The molecule has 1 atom stereocenters. The largest absolute Gasteiger partial charge is 0.508 e. The van der Waals surface area contributed by atoms with Crippen molar-refractivity contribution in [3.8, 4) is 11.8 Å². The lowest BCUT2D eigenvalue weighted by molar-refractivity contribution is -0.137. The van der Waals surface area contributed by atoms with E-state index < -0.39 is 42.6 Å². The van der Waals surface area contributed by atoms with Crippen LogP contribution in [0.2, 0.25) is 5.02 Å². The molecule has 2 aromatic carbocycles. The molecule has 180 valence electrons. The highest BCUT2D eigenvalue weighted by Crippen LogP contribution is 2.30. The van der Waals surface area contributed by atoms with E-state index in [1.165, 1.54) is 18.2 Å². The summed E-state index contributed by atoms with van der Waals surface area (Å²) in [6, 6.07) is 11.5. The maximum Gasteiger partial charge on any atom is 0.408 e. The highest BCUT2D eigenvalue weighted by molar-refractivity contribution is 6.34. The molecule has 3 amide bonds. The molecular weight excluding hydrogens is 460 g/mol. The van der Waals surface area contributed by atoms with Gasteiger partial charge in [-0.2, -0.15) is 5.26 Å². The van der Waals surface area contributed by atoms with Crippen molar-refractivity contribution in [3.05, 3.63) is 58.6 Å². The fraction of sp³-hybridized carbons (Fsp3) is 0.333. The lowest BCUT2D eigenvalue weighted by Gasteiger charge is -2.30. The predicted molar refractivity (Wildman–Crippen MR) is 127 cm³/mol. The van der Waals surface area contributed by atoms with E-state index in [9.17, 15) is 24.8 Å². The van der Waals surface area contributed by atoms with Gasteiger partial charge in [-0.25, -0.2) is 4.79 Å². The number of rotatable bonds is 7. The van der Waals surface area contributed by atoms with Crippen LogP contribution in [0.1, 0.15) is 37.9 Å². The highest BCUT2D eigenvalue weighted by atomic mass is 35.5. The standard InChI is InChI=1S/C24H27ClN4O5/c1-15-7-5-10-18(25)20(15)28-22(32)21(16-8-6-9-17(30)13-16)29(12-11-26)19(31)14-27-23(33)34-24(2,3)4/h5-10,13,21,30H,12,14H2,1-4H3,(H,27,33)(H,28,32). The molecule has 0 aliphatic carbocycles. The number of amides is 3. The zero-order chi connectivity index (χ0) is 25.5. The molecule has 34 heavy (non-hydrogen) atoms. The van der Waals surface area contributed by atoms with E-state index in [0.29, 0.717) is 16.3 Å². The zero-order valence-electron chi connectivity index (χ0n) is 19.4. The molecule has 0 spiro atoms. The number of anilines is 1. The zero-order valence-corrected chi connectivity index (χ0v) is 20.1. The van der Waals surface area contributed by atoms with E-state index in [0.717, 1.165) is 4.90 Å². The minimum atomic E-state index is -1.30. The van der Waals surface area contributed by atoms with Gasteiger partial charge in [-0.15, -0.1) is 0 Å². The number of benzene rings is 2. The predicted octanol–water partition coefficient (Wildman–Crippen LogP) is 3.91. The number of nitriles is 1. The number of alkyl carbamates (subject to hydrolysis) is 1. The Morgan fingerprint density at radius 3 is 2.47 bits per heavy atom. The number of phenols is 1. The summed E-state index contributed by atoms with van der Waals surface area (Å²) in [5.41, 5.74) is 0.551. The highest BCUT2D eigenvalue weighted by Gasteiger charge is 2.32. The van der Waals surface area contributed by atoms with Gasteiger partial charge in [-0.3, -0.25) is 9.59 Å². The first kappa shape index (κ1) is 26.5. The number of aryl methyl sites for hydroxylation is 1. The van der Waals surface area contributed by atoms with Crippen molar-refractivity contribution in [3.63, 3.8) is 0 Å². The number of halogens is 1. The van der Waals surface area contributed by atoms with Crippen LogP contribution in [-0.2, 0) is 14.3 Å². The van der Waals surface area contributed by atoms with Gasteiger partial charge in [0, 0.05) is 0 Å². The molecule has 9 nitrogen and oxygen atoms in total. The fourth-order valence-corrected chi connectivity index (χ4v) is 3.38. The van der Waals surface area contributed by atoms with E-state index in [4.69, 9.17) is 16.3 Å². The normalized spacial score (nSPS) is 11.6. The maximum absolute atomic E-state index is 13.4. The van der Waals surface area contributed by atoms with Crippen molar-refractivity contribution in [2.24, 2.45) is 0 Å². The minimum absolute atomic E-state index is 0.125. The van der Waals surface area contributed by atoms with Gasteiger partial charge in [-0.05, 0) is 57.0 Å². The molecule has 0 radical (unpaired) electrons. The molecule has 0 saturated carbocycles. The first-order valence-corrected chi connectivity index (χ1v) is 10.8. The first-order valence-electron chi connectivity index (χ1n) is 10.4. The van der Waals surface area contributed by atoms with Gasteiger partial charge in [0.05, 0.1) is 16.8 Å². The molecule has 0 aliphatic rings. The van der Waals surface area contributed by atoms with Crippen molar-refractivity contribution < 1.29 is 24.2 Å². The first-order chi connectivity index (χ1) is 15.9. The van der Waals surface area contributed by atoms with Crippen molar-refractivity contribution in [1.29, 1.82) is 5.26 Å². The Hall–Kier alpha value is -3.77. The van der Waals surface area contributed by atoms with Gasteiger partial charge in [0.25, 0.3) is 5.91 Å². The van der Waals surface area contributed by atoms with Crippen molar-refractivity contribution in [2.45, 2.75) is 39.3 Å². The SMILES string of the molecule is Cc1cccc(Cl)c1NC(=O)C(c1cccc(O)c1)N(CC#N)C(=O)CNC(=O)OC(C)(C)C. The molecular formula is C24H27ClN4O5. The van der Waals surface area contributed by atoms with Crippen LogP contribution >= 0.6 is 11.6 Å². The summed E-state index contributed by atoms with van der Waals surface area (Å²) in [5, 5.41) is 24.7. The van der Waals surface area contributed by atoms with Crippen molar-refractivity contribution in [1.82, 2.24) is 10.2 Å². The second-order valence-electron chi connectivity index (χ2n) is 8.45. The van der Waals surface area contributed by atoms with Crippen molar-refractivity contribution in [2.75, 3.05) is 18.4 Å². The number of nitrogens with one attached hydrogen (secondary N) is 2. The lowest BCUT2D eigenvalue weighted by atomic mass is 10.0. The van der Waals surface area contributed by atoms with E-state index in [2.05, 4.69) is 10.6 Å². The average Bonchev–Trinajstić information content (AvgIpc) is 2.73. The maximum atomic E-state index is 13.4. The lowest BCUT2D eigenvalue weighted by Crippen LogP contribution is -2.46. The Labute approximate surface area is 203 Å². The van der Waals surface area contributed by atoms with Gasteiger partial charge < -0.3 is 25.4 Å². The molecule has 0 fully saturated rings. The summed E-state index contributed by atoms with van der Waals surface area (Å²) in [4.78, 5) is 39.4. The van der Waals surface area contributed by atoms with Gasteiger partial charge in [-0.1, -0.05) is 35.9 Å². The molecule has 3 N–H and O–H groups in total. The van der Waals surface area contributed by atoms with E-state index in [1.54, 1.807) is 52.0 Å². The molecule has 2 rings (SSSR count). The van der Waals surface area contributed by atoms with Crippen LogP contribution < -0.4 is 10.6 Å². The molecule has 0 aliphatic heterocycles. The number of carbonyl (C=O) groups excluding carboxylic acids is 3. The molecule has 2 aromatic rings. The Bertz CT molecular complexity index is 1090. The molecule has 0 bridgehead atoms. The average molecular weight is 487 g/mol. The monoisotopic (exact) mass is 486 g/mol. The number of aromatic hydroxyl groups is 1. The Morgan fingerprint density at radius 1 is 1.21 bits per heavy atom. The van der Waals surface area contributed by atoms with Crippen LogP contribution in [0.3, 0.4) is 0 Å². The summed E-state index contributed by atoms with van der Waals surface area (Å²) in [6.45, 7) is 5.82. The van der Waals surface area contributed by atoms with Crippen LogP contribution in [0.25, 0.3) is 0 Å². The molecule has 0 saturated heterocycles. The second-order valence-corrected chi connectivity index (χ2v) is 8.86. The molecule has 1 unspecified atom stereocenters. The summed E-state index contributed by atoms with van der Waals surface area (Å²) in [7, 11) is 0. The van der Waals surface area contributed by atoms with Gasteiger partial charge in [0.1, 0.15) is 30.5 Å². The smallest absolute Gasteiger partial charge is 0.408 e. The van der Waals surface area contributed by atoms with Gasteiger partial charge >= 0.3 is 6.09 Å². The quantitative estimate of drug-likeness (QED) is 0.508. The molecule has 0 aromatic heterocycles. The van der Waals surface area contributed by atoms with Gasteiger partial charge in [0.15, 0.2) is 0 Å². The number of carbonyl (C=O) groups is 3. The number of nitrogens with zero attached hydrogens (tertiary/aromatic N) is 2. The topological polar surface area (TPSA) is 132 Å². The number of ether oxygens (including phenoxy) is 1. The molecule has 10 heteroatoms. The summed E-state index contributed by atoms with van der Waals surface area (Å²) < 4.78 is 5.13. The Kier molecular flexibility index (Phi) is 8.87. The van der Waals surface area contributed by atoms with Crippen LogP contribution in [0.5, 0.6) is 5.75 Å². The van der Waals surface area contributed by atoms with Crippen LogP contribution in [0, 0.1) is 18.3 Å². The second kappa shape index (κ2) is 11.4. The minimum Gasteiger partial charge on any atom is -0.508 e. The van der Waals surface area contributed by atoms with E-state index in [-0.39, 0.29) is 11.3 Å². The van der Waals surface area contributed by atoms with Crippen LogP contribution in [0.4, 0.5) is 10.5 Å². The fourth-order valence-electron chi connectivity index (χ4n) is 3.11. The number of phenolic OH excluding ortho intramolecular Hbond substituents is 1. The molecule has 0 heterocycles. The third-order valence-corrected chi connectivity index (χ3v) is 4.88. The van der Waals surface area contributed by atoms with E-state index >= 15 is 0 Å². The van der Waals surface area contributed by atoms with Gasteiger partial charge in [0.2, 0.25) is 5.91 Å². The number of hydrogen-bond acceptors (Lipinski definition) is 6. The van der Waals surface area contributed by atoms with Crippen molar-refractivity contribution >= 4 is 35.2 Å². The summed E-state index contributed by atoms with van der Waals surface area (Å²) >= 11 is 6.24.